The van der Waals surface area contributed by atoms with Crippen molar-refractivity contribution in [1.82, 2.24) is 14.5 Å². The highest BCUT2D eigenvalue weighted by Crippen LogP contribution is 2.38. The minimum absolute atomic E-state index is 0.155. The molecule has 2 aliphatic heterocycles. The van der Waals surface area contributed by atoms with E-state index in [1.807, 2.05) is 30.3 Å². The maximum Gasteiger partial charge on any atom is 0.269 e. The van der Waals surface area contributed by atoms with E-state index in [1.54, 1.807) is 0 Å². The molecule has 6 nitrogen and oxygen atoms in total. The monoisotopic (exact) mass is 364 g/mol. The van der Waals surface area contributed by atoms with Crippen molar-refractivity contribution in [1.29, 1.82) is 0 Å². The Morgan fingerprint density at radius 1 is 1.04 bits per heavy atom. The number of amides is 2. The molecule has 0 spiro atoms. The number of fused-ring (bicyclic) bond motifs is 3. The number of hydrogen-bond acceptors (Lipinski definition) is 3. The van der Waals surface area contributed by atoms with Gasteiger partial charge in [-0.1, -0.05) is 36.8 Å². The minimum atomic E-state index is -0.490. The van der Waals surface area contributed by atoms with Crippen LogP contribution in [0.1, 0.15) is 48.3 Å². The number of nitrogens with zero attached hydrogens (tertiary/aromatic N) is 3. The summed E-state index contributed by atoms with van der Waals surface area (Å²) >= 11 is 0. The Balaban J connectivity index is 1.57. The van der Waals surface area contributed by atoms with Gasteiger partial charge >= 0.3 is 0 Å². The maximum atomic E-state index is 13.1. The van der Waals surface area contributed by atoms with Crippen LogP contribution in [0.15, 0.2) is 30.3 Å². The average Bonchev–Trinajstić information content (AvgIpc) is 3.11. The van der Waals surface area contributed by atoms with Gasteiger partial charge in [0.15, 0.2) is 0 Å². The number of carbonyl (C=O) groups is 2. The molecule has 27 heavy (non-hydrogen) atoms. The van der Waals surface area contributed by atoms with Crippen LogP contribution < -0.4 is 5.73 Å². The summed E-state index contributed by atoms with van der Waals surface area (Å²) in [4.78, 5) is 31.9. The Bertz CT molecular complexity index is 900. The summed E-state index contributed by atoms with van der Waals surface area (Å²) in [6.45, 7) is 0.689. The van der Waals surface area contributed by atoms with Crippen LogP contribution in [-0.2, 0) is 17.8 Å². The number of benzene rings is 1. The van der Waals surface area contributed by atoms with Crippen molar-refractivity contribution < 1.29 is 9.59 Å². The van der Waals surface area contributed by atoms with Gasteiger partial charge in [-0.25, -0.2) is 4.98 Å². The smallest absolute Gasteiger partial charge is 0.269 e. The van der Waals surface area contributed by atoms with E-state index in [2.05, 4.69) is 14.5 Å². The van der Waals surface area contributed by atoms with Crippen LogP contribution >= 0.6 is 0 Å². The van der Waals surface area contributed by atoms with Crippen molar-refractivity contribution in [3.8, 4) is 11.4 Å². The highest BCUT2D eigenvalue weighted by atomic mass is 16.2. The largest absolute Gasteiger partial charge is 0.364 e. The van der Waals surface area contributed by atoms with E-state index in [9.17, 15) is 9.59 Å². The van der Waals surface area contributed by atoms with Gasteiger partial charge in [0.25, 0.3) is 5.91 Å². The first-order valence-electron chi connectivity index (χ1n) is 9.90. The molecule has 2 atom stereocenters. The van der Waals surface area contributed by atoms with Crippen molar-refractivity contribution in [2.45, 2.75) is 57.2 Å². The molecule has 2 amide bonds. The zero-order valence-corrected chi connectivity index (χ0v) is 15.3. The highest BCUT2D eigenvalue weighted by Gasteiger charge is 2.44. The Morgan fingerprint density at radius 3 is 2.44 bits per heavy atom. The number of nitrogens with two attached hydrogens (primary N) is 1. The van der Waals surface area contributed by atoms with Gasteiger partial charge in [-0.15, -0.1) is 0 Å². The molecule has 3 aliphatic rings. The van der Waals surface area contributed by atoms with Gasteiger partial charge in [-0.05, 0) is 25.7 Å². The summed E-state index contributed by atoms with van der Waals surface area (Å²) in [6, 6.07) is 10.2. The first kappa shape index (κ1) is 16.5. The first-order chi connectivity index (χ1) is 13.1. The first-order valence-corrected chi connectivity index (χ1v) is 9.90. The van der Waals surface area contributed by atoms with Crippen LogP contribution in [0.25, 0.3) is 11.4 Å². The summed E-state index contributed by atoms with van der Waals surface area (Å²) in [6.07, 6.45) is 5.86. The Kier molecular flexibility index (Phi) is 3.81. The zero-order chi connectivity index (χ0) is 18.5. The molecule has 5 rings (SSSR count). The lowest BCUT2D eigenvalue weighted by Crippen LogP contribution is -2.46. The Hall–Kier alpha value is -2.63. The summed E-state index contributed by atoms with van der Waals surface area (Å²) in [5.41, 5.74) is 7.88. The van der Waals surface area contributed by atoms with E-state index in [-0.39, 0.29) is 18.0 Å². The average molecular weight is 364 g/mol. The summed E-state index contributed by atoms with van der Waals surface area (Å²) < 4.78 is 2.14. The normalized spacial score (nSPS) is 24.2. The number of rotatable bonds is 3. The van der Waals surface area contributed by atoms with E-state index >= 15 is 0 Å². The molecular formula is C21H24N4O2. The third kappa shape index (κ3) is 2.58. The van der Waals surface area contributed by atoms with Gasteiger partial charge < -0.3 is 15.2 Å². The third-order valence-corrected chi connectivity index (χ3v) is 6.49. The molecule has 2 unspecified atom stereocenters. The number of primary amides is 1. The summed E-state index contributed by atoms with van der Waals surface area (Å²) in [7, 11) is 0. The van der Waals surface area contributed by atoms with Gasteiger partial charge in [0, 0.05) is 30.5 Å². The molecule has 1 saturated carbocycles. The van der Waals surface area contributed by atoms with Crippen molar-refractivity contribution in [3.63, 3.8) is 0 Å². The number of aromatic nitrogens is 2. The predicted molar refractivity (Wildman–Crippen MR) is 101 cm³/mol. The second-order valence-corrected chi connectivity index (χ2v) is 8.03. The van der Waals surface area contributed by atoms with Crippen molar-refractivity contribution in [2.24, 2.45) is 11.7 Å². The number of hydrogen-bond donors (Lipinski definition) is 1. The fourth-order valence-corrected chi connectivity index (χ4v) is 4.90. The molecule has 1 aromatic heterocycles. The maximum absolute atomic E-state index is 13.1. The molecule has 2 N–H and O–H groups in total. The highest BCUT2D eigenvalue weighted by molar-refractivity contribution is 5.93. The van der Waals surface area contributed by atoms with Crippen LogP contribution in [-0.4, -0.2) is 38.3 Å². The summed E-state index contributed by atoms with van der Waals surface area (Å²) in [5, 5.41) is 0. The van der Waals surface area contributed by atoms with Gasteiger partial charge in [0.2, 0.25) is 5.91 Å². The zero-order valence-electron chi connectivity index (χ0n) is 15.3. The third-order valence-electron chi connectivity index (χ3n) is 6.49. The SMILES string of the molecule is NC(=O)c1nc(-c2ccccc2)n2c1CC1CCC(C2)N1C(=O)C1CCC1. The Morgan fingerprint density at radius 2 is 1.78 bits per heavy atom. The van der Waals surface area contributed by atoms with Gasteiger partial charge in [-0.2, -0.15) is 0 Å². The molecule has 140 valence electrons. The molecule has 0 radical (unpaired) electrons. The van der Waals surface area contributed by atoms with E-state index in [0.717, 1.165) is 49.2 Å². The van der Waals surface area contributed by atoms with Crippen LogP contribution in [0.5, 0.6) is 0 Å². The van der Waals surface area contributed by atoms with Crippen LogP contribution in [0.4, 0.5) is 0 Å². The molecular weight excluding hydrogens is 340 g/mol. The number of imidazole rings is 1. The lowest BCUT2D eigenvalue weighted by molar-refractivity contribution is -0.141. The van der Waals surface area contributed by atoms with E-state index in [1.165, 1.54) is 0 Å². The molecule has 1 saturated heterocycles. The standard InChI is InChI=1S/C21H24N4O2/c22-19(26)18-17-11-15-9-10-16(25(15)21(27)14-7-4-8-14)12-24(17)20(23-18)13-5-2-1-3-6-13/h1-3,5-6,14-16H,4,7-12H2,(H2,22,26). The topological polar surface area (TPSA) is 81.2 Å². The fourth-order valence-electron chi connectivity index (χ4n) is 4.90. The van der Waals surface area contributed by atoms with Crippen molar-refractivity contribution >= 4 is 11.8 Å². The molecule has 1 aromatic carbocycles. The molecule has 3 heterocycles. The lowest BCUT2D eigenvalue weighted by atomic mass is 9.84. The van der Waals surface area contributed by atoms with Gasteiger partial charge in [-0.3, -0.25) is 9.59 Å². The van der Waals surface area contributed by atoms with Crippen LogP contribution in [0, 0.1) is 5.92 Å². The van der Waals surface area contributed by atoms with E-state index in [4.69, 9.17) is 5.73 Å². The Labute approximate surface area is 158 Å². The quantitative estimate of drug-likeness (QED) is 0.908. The molecule has 1 aliphatic carbocycles. The fraction of sp³-hybridized carbons (Fsp3) is 0.476. The van der Waals surface area contributed by atoms with Crippen molar-refractivity contribution in [2.75, 3.05) is 0 Å². The van der Waals surface area contributed by atoms with Crippen molar-refractivity contribution in [3.05, 3.63) is 41.7 Å². The van der Waals surface area contributed by atoms with E-state index < -0.39 is 5.91 Å². The van der Waals surface area contributed by atoms with Crippen LogP contribution in [0.3, 0.4) is 0 Å². The lowest BCUT2D eigenvalue weighted by Gasteiger charge is -2.35. The molecule has 2 aromatic rings. The minimum Gasteiger partial charge on any atom is -0.364 e. The second kappa shape index (κ2) is 6.22. The molecule has 2 fully saturated rings. The van der Waals surface area contributed by atoms with E-state index in [0.29, 0.717) is 24.6 Å². The van der Waals surface area contributed by atoms with Crippen LogP contribution in [0.2, 0.25) is 0 Å². The molecule has 6 heteroatoms. The van der Waals surface area contributed by atoms with Gasteiger partial charge in [0.1, 0.15) is 11.5 Å². The van der Waals surface area contributed by atoms with Gasteiger partial charge in [0.05, 0.1) is 11.7 Å². The second-order valence-electron chi connectivity index (χ2n) is 8.03. The predicted octanol–water partition coefficient (Wildman–Crippen LogP) is 2.36. The summed E-state index contributed by atoms with van der Waals surface area (Å²) in [5.74, 6) is 0.806. The number of carbonyl (C=O) groups excluding carboxylic acids is 2. The molecule has 2 bridgehead atoms.